The van der Waals surface area contributed by atoms with Gasteiger partial charge in [0.1, 0.15) is 11.4 Å². The first-order chi connectivity index (χ1) is 14.2. The molecule has 2 aromatic carbocycles. The molecule has 1 aliphatic carbocycles. The number of nitrogens with one attached hydrogen (secondary N) is 1. The molecule has 0 saturated carbocycles. The van der Waals surface area contributed by atoms with Crippen molar-refractivity contribution in [3.63, 3.8) is 0 Å². The summed E-state index contributed by atoms with van der Waals surface area (Å²) < 4.78 is 22.5. The van der Waals surface area contributed by atoms with Crippen molar-refractivity contribution in [2.24, 2.45) is 0 Å². The second-order valence-corrected chi connectivity index (χ2v) is 9.80. The Morgan fingerprint density at radius 3 is 2.80 bits per heavy atom. The van der Waals surface area contributed by atoms with Gasteiger partial charge in [-0.3, -0.25) is 0 Å². The molecule has 0 fully saturated rings. The average molecular weight is 473 g/mol. The van der Waals surface area contributed by atoms with Crippen LogP contribution < -0.4 is 5.32 Å². The minimum atomic E-state index is -0.518. The Bertz CT molecular complexity index is 1100. The summed E-state index contributed by atoms with van der Waals surface area (Å²) in [6.45, 7) is 6.21. The Morgan fingerprint density at radius 2 is 2.07 bits per heavy atom. The van der Waals surface area contributed by atoms with Crippen LogP contribution in [0.25, 0.3) is 10.9 Å². The zero-order valence-corrected chi connectivity index (χ0v) is 19.1. The van der Waals surface area contributed by atoms with E-state index in [4.69, 9.17) is 4.74 Å². The lowest BCUT2D eigenvalue weighted by atomic mass is 9.91. The van der Waals surface area contributed by atoms with Crippen LogP contribution in [-0.2, 0) is 24.1 Å². The monoisotopic (exact) mass is 472 g/mol. The molecule has 30 heavy (non-hydrogen) atoms. The van der Waals surface area contributed by atoms with E-state index >= 15 is 0 Å². The van der Waals surface area contributed by atoms with Crippen LogP contribution >= 0.6 is 15.9 Å². The molecule has 4 nitrogen and oxygen atoms in total. The van der Waals surface area contributed by atoms with Gasteiger partial charge in [-0.25, -0.2) is 9.18 Å². The fraction of sp³-hybridized carbons (Fsp3) is 0.375. The van der Waals surface area contributed by atoms with E-state index in [-0.39, 0.29) is 18.0 Å². The van der Waals surface area contributed by atoms with Gasteiger partial charge in [-0.15, -0.1) is 0 Å². The molecule has 4 rings (SSSR count). The number of benzene rings is 2. The number of hydrogen-bond donors (Lipinski definition) is 1. The molecule has 1 atom stereocenters. The molecule has 0 spiro atoms. The van der Waals surface area contributed by atoms with E-state index < -0.39 is 5.60 Å². The fourth-order valence-electron chi connectivity index (χ4n) is 4.22. The van der Waals surface area contributed by atoms with Gasteiger partial charge in [-0.05, 0) is 81.5 Å². The molecule has 3 aromatic rings. The van der Waals surface area contributed by atoms with Gasteiger partial charge >= 0.3 is 6.09 Å². The van der Waals surface area contributed by atoms with Crippen LogP contribution in [0.1, 0.15) is 44.0 Å². The van der Waals surface area contributed by atoms with Gasteiger partial charge in [0.15, 0.2) is 0 Å². The summed E-state index contributed by atoms with van der Waals surface area (Å²) in [6.07, 6.45) is 2.06. The first-order valence-electron chi connectivity index (χ1n) is 10.2. The maximum atomic E-state index is 13.7. The zero-order chi connectivity index (χ0) is 21.5. The van der Waals surface area contributed by atoms with Gasteiger partial charge in [0, 0.05) is 33.7 Å². The molecule has 1 amide bonds. The van der Waals surface area contributed by atoms with Gasteiger partial charge in [-0.1, -0.05) is 28.1 Å². The highest BCUT2D eigenvalue weighted by molar-refractivity contribution is 9.10. The predicted octanol–water partition coefficient (Wildman–Crippen LogP) is 5.97. The van der Waals surface area contributed by atoms with E-state index in [1.165, 1.54) is 22.7 Å². The highest BCUT2D eigenvalue weighted by Gasteiger charge is 2.28. The van der Waals surface area contributed by atoms with Crippen molar-refractivity contribution < 1.29 is 13.9 Å². The first-order valence-corrected chi connectivity index (χ1v) is 11.0. The molecule has 0 bridgehead atoms. The molecule has 1 unspecified atom stereocenters. The molecular formula is C24H26BrFN2O2. The van der Waals surface area contributed by atoms with E-state index in [1.54, 1.807) is 12.1 Å². The largest absolute Gasteiger partial charge is 0.444 e. The van der Waals surface area contributed by atoms with Crippen LogP contribution in [0.2, 0.25) is 0 Å². The van der Waals surface area contributed by atoms with Gasteiger partial charge in [-0.2, -0.15) is 0 Å². The lowest BCUT2D eigenvalue weighted by molar-refractivity contribution is 0.0500. The minimum absolute atomic E-state index is 0.0274. The van der Waals surface area contributed by atoms with Crippen LogP contribution in [-0.4, -0.2) is 22.3 Å². The number of amides is 1. The number of fused-ring (bicyclic) bond motifs is 3. The first kappa shape index (κ1) is 20.9. The summed E-state index contributed by atoms with van der Waals surface area (Å²) in [6, 6.07) is 13.1. The fourth-order valence-corrected chi connectivity index (χ4v) is 4.58. The van der Waals surface area contributed by atoms with Gasteiger partial charge in [0.05, 0.1) is 0 Å². The zero-order valence-electron chi connectivity index (χ0n) is 17.5. The average Bonchev–Trinajstić information content (AvgIpc) is 2.93. The van der Waals surface area contributed by atoms with Gasteiger partial charge in [0.25, 0.3) is 0 Å². The van der Waals surface area contributed by atoms with Crippen molar-refractivity contribution in [1.29, 1.82) is 0 Å². The molecule has 1 aromatic heterocycles. The van der Waals surface area contributed by atoms with Crippen LogP contribution in [0.15, 0.2) is 46.9 Å². The van der Waals surface area contributed by atoms with Crippen molar-refractivity contribution in [2.45, 2.75) is 58.2 Å². The number of halogens is 2. The van der Waals surface area contributed by atoms with E-state index in [1.807, 2.05) is 32.9 Å². The quantitative estimate of drug-likeness (QED) is 0.509. The van der Waals surface area contributed by atoms with Crippen LogP contribution in [0.4, 0.5) is 9.18 Å². The Kier molecular flexibility index (Phi) is 5.62. The van der Waals surface area contributed by atoms with E-state index in [9.17, 15) is 9.18 Å². The highest BCUT2D eigenvalue weighted by atomic mass is 79.9. The van der Waals surface area contributed by atoms with Crippen molar-refractivity contribution in [1.82, 2.24) is 9.88 Å². The normalized spacial score (nSPS) is 16.4. The minimum Gasteiger partial charge on any atom is -0.444 e. The van der Waals surface area contributed by atoms with Crippen LogP contribution in [0, 0.1) is 5.82 Å². The van der Waals surface area contributed by atoms with Crippen molar-refractivity contribution in [2.75, 3.05) is 0 Å². The van der Waals surface area contributed by atoms with Gasteiger partial charge in [0.2, 0.25) is 0 Å². The van der Waals surface area contributed by atoms with Crippen molar-refractivity contribution in [3.05, 3.63) is 69.6 Å². The molecular weight excluding hydrogens is 447 g/mol. The number of ether oxygens (including phenoxy) is 1. The third-order valence-electron chi connectivity index (χ3n) is 5.38. The second-order valence-electron chi connectivity index (χ2n) is 8.89. The third-order valence-corrected chi connectivity index (χ3v) is 5.87. The Hall–Kier alpha value is -2.34. The maximum Gasteiger partial charge on any atom is 0.407 e. The summed E-state index contributed by atoms with van der Waals surface area (Å²) >= 11 is 3.59. The Balaban J connectivity index is 1.66. The molecule has 1 heterocycles. The SMILES string of the molecule is CC(C)(C)OC(=O)NC1CCc2c(c3cc(Br)ccc3n2Cc2cccc(F)c2)C1. The second kappa shape index (κ2) is 8.06. The third kappa shape index (κ3) is 4.53. The number of rotatable bonds is 3. The van der Waals surface area contributed by atoms with Crippen molar-refractivity contribution >= 4 is 32.9 Å². The molecule has 0 saturated heterocycles. The number of carbonyl (C=O) groups is 1. The summed E-state index contributed by atoms with van der Waals surface area (Å²) in [4.78, 5) is 12.3. The van der Waals surface area contributed by atoms with Crippen LogP contribution in [0.3, 0.4) is 0 Å². The van der Waals surface area contributed by atoms with Crippen LogP contribution in [0.5, 0.6) is 0 Å². The molecule has 1 aliphatic rings. The number of nitrogens with zero attached hydrogens (tertiary/aromatic N) is 1. The van der Waals surface area contributed by atoms with Crippen molar-refractivity contribution in [3.8, 4) is 0 Å². The van der Waals surface area contributed by atoms with E-state index in [2.05, 4.69) is 37.9 Å². The topological polar surface area (TPSA) is 43.3 Å². The lowest BCUT2D eigenvalue weighted by Crippen LogP contribution is -2.42. The van der Waals surface area contributed by atoms with E-state index in [0.717, 1.165) is 34.8 Å². The van der Waals surface area contributed by atoms with E-state index in [0.29, 0.717) is 6.54 Å². The molecule has 1 N–H and O–H groups in total. The number of aromatic nitrogens is 1. The number of alkyl carbamates (subject to hydrolysis) is 1. The summed E-state index contributed by atoms with van der Waals surface area (Å²) in [5.41, 5.74) is 4.05. The molecule has 6 heteroatoms. The summed E-state index contributed by atoms with van der Waals surface area (Å²) in [7, 11) is 0. The highest BCUT2D eigenvalue weighted by Crippen LogP contribution is 2.34. The smallest absolute Gasteiger partial charge is 0.407 e. The molecule has 0 radical (unpaired) electrons. The van der Waals surface area contributed by atoms with Gasteiger partial charge < -0.3 is 14.6 Å². The number of carbonyl (C=O) groups excluding carboxylic acids is 1. The predicted molar refractivity (Wildman–Crippen MR) is 120 cm³/mol. The Labute approximate surface area is 184 Å². The molecule has 158 valence electrons. The number of hydrogen-bond acceptors (Lipinski definition) is 2. The lowest BCUT2D eigenvalue weighted by Gasteiger charge is -2.27. The summed E-state index contributed by atoms with van der Waals surface area (Å²) in [5, 5.41) is 4.20. The summed E-state index contributed by atoms with van der Waals surface area (Å²) in [5.74, 6) is -0.220. The maximum absolute atomic E-state index is 13.7. The molecule has 0 aliphatic heterocycles. The standard InChI is InChI=1S/C24H26BrFN2O2/c1-24(2,3)30-23(29)27-18-8-10-22-20(13-18)19-12-16(25)7-9-21(19)28(22)14-15-5-4-6-17(26)11-15/h4-7,9,11-12,18H,8,10,13-14H2,1-3H3,(H,27,29). The Morgan fingerprint density at radius 1 is 1.27 bits per heavy atom.